The first kappa shape index (κ1) is 33.0. The minimum absolute atomic E-state index is 0.223. The summed E-state index contributed by atoms with van der Waals surface area (Å²) in [5.41, 5.74) is 17.6. The molecule has 0 atom stereocenters. The molecule has 0 fully saturated rings. The zero-order chi connectivity index (χ0) is 37.9. The Kier molecular flexibility index (Phi) is 7.61. The molecular weight excluding hydrogens is 693 g/mol. The van der Waals surface area contributed by atoms with Gasteiger partial charge >= 0.3 is 0 Å². The summed E-state index contributed by atoms with van der Waals surface area (Å²) >= 11 is 0. The van der Waals surface area contributed by atoms with Crippen LogP contribution in [0.4, 0.5) is 0 Å². The summed E-state index contributed by atoms with van der Waals surface area (Å²) in [7, 11) is 0. The normalized spacial score (nSPS) is 12.8. The van der Waals surface area contributed by atoms with E-state index in [1.54, 1.807) is 0 Å². The minimum Gasteiger partial charge on any atom is -0.456 e. The molecular formula is C54H36N2O. The number of hydrogen-bond donors (Lipinski definition) is 0. The predicted molar refractivity (Wildman–Crippen MR) is 234 cm³/mol. The van der Waals surface area contributed by atoms with E-state index in [9.17, 15) is 0 Å². The van der Waals surface area contributed by atoms with Crippen LogP contribution in [0.15, 0.2) is 205 Å². The fourth-order valence-electron chi connectivity index (χ4n) is 8.82. The first-order chi connectivity index (χ1) is 28.1. The summed E-state index contributed by atoms with van der Waals surface area (Å²) in [4.78, 5) is 10.3. The zero-order valence-corrected chi connectivity index (χ0v) is 31.4. The molecule has 8 aromatic carbocycles. The molecule has 0 N–H and O–H groups in total. The Hall–Kier alpha value is -7.36. The quantitative estimate of drug-likeness (QED) is 0.171. The van der Waals surface area contributed by atoms with Gasteiger partial charge in [0.15, 0.2) is 5.82 Å². The molecule has 2 aromatic heterocycles. The van der Waals surface area contributed by atoms with E-state index in [1.807, 2.05) is 30.3 Å². The fraction of sp³-hybridized carbons (Fsp3) is 0.0370. The number of furan rings is 1. The highest BCUT2D eigenvalue weighted by Gasteiger charge is 2.40. The lowest BCUT2D eigenvalue weighted by Gasteiger charge is -2.28. The summed E-state index contributed by atoms with van der Waals surface area (Å²) < 4.78 is 6.08. The lowest BCUT2D eigenvalue weighted by Crippen LogP contribution is -2.22. The second-order valence-electron chi connectivity index (χ2n) is 15.1. The fourth-order valence-corrected chi connectivity index (χ4v) is 8.82. The van der Waals surface area contributed by atoms with Gasteiger partial charge in [0.1, 0.15) is 11.2 Å². The highest BCUT2D eigenvalue weighted by Crippen LogP contribution is 2.52. The van der Waals surface area contributed by atoms with Crippen molar-refractivity contribution in [2.45, 2.75) is 12.3 Å². The van der Waals surface area contributed by atoms with Gasteiger partial charge in [-0.3, -0.25) is 0 Å². The molecule has 57 heavy (non-hydrogen) atoms. The van der Waals surface area contributed by atoms with Crippen molar-refractivity contribution in [2.24, 2.45) is 0 Å². The van der Waals surface area contributed by atoms with Gasteiger partial charge < -0.3 is 4.42 Å². The van der Waals surface area contributed by atoms with Crippen molar-refractivity contribution in [3.63, 3.8) is 0 Å². The third kappa shape index (κ3) is 5.50. The van der Waals surface area contributed by atoms with Crippen LogP contribution in [0.2, 0.25) is 0 Å². The molecule has 1 aliphatic rings. The molecule has 10 aromatic rings. The second-order valence-corrected chi connectivity index (χ2v) is 15.1. The van der Waals surface area contributed by atoms with Gasteiger partial charge in [0.2, 0.25) is 0 Å². The summed E-state index contributed by atoms with van der Waals surface area (Å²) in [6.07, 6.45) is 0. The van der Waals surface area contributed by atoms with Crippen molar-refractivity contribution in [3.8, 4) is 67.3 Å². The molecule has 0 radical (unpaired) electrons. The molecule has 11 rings (SSSR count). The van der Waals surface area contributed by atoms with Crippen molar-refractivity contribution in [2.75, 3.05) is 0 Å². The third-order valence-electron chi connectivity index (χ3n) is 11.8. The number of fused-ring (bicyclic) bond motifs is 6. The van der Waals surface area contributed by atoms with Crippen molar-refractivity contribution >= 4 is 21.9 Å². The van der Waals surface area contributed by atoms with Gasteiger partial charge in [0.25, 0.3) is 0 Å². The van der Waals surface area contributed by atoms with Crippen molar-refractivity contribution in [1.29, 1.82) is 0 Å². The van der Waals surface area contributed by atoms with Crippen molar-refractivity contribution < 1.29 is 4.42 Å². The number of benzene rings is 8. The molecule has 0 saturated carbocycles. The van der Waals surface area contributed by atoms with E-state index in [0.717, 1.165) is 66.7 Å². The van der Waals surface area contributed by atoms with Crippen molar-refractivity contribution in [1.82, 2.24) is 9.97 Å². The van der Waals surface area contributed by atoms with E-state index in [1.165, 1.54) is 33.4 Å². The first-order valence-electron chi connectivity index (χ1n) is 19.5. The van der Waals surface area contributed by atoms with Gasteiger partial charge in [-0.2, -0.15) is 0 Å². The highest BCUT2D eigenvalue weighted by molar-refractivity contribution is 6.06. The van der Waals surface area contributed by atoms with Crippen LogP contribution in [0.1, 0.15) is 23.6 Å². The van der Waals surface area contributed by atoms with Gasteiger partial charge in [-0.15, -0.1) is 0 Å². The molecule has 0 amide bonds. The average molecular weight is 729 g/mol. The van der Waals surface area contributed by atoms with E-state index in [2.05, 4.69) is 177 Å². The largest absolute Gasteiger partial charge is 0.456 e. The van der Waals surface area contributed by atoms with E-state index < -0.39 is 0 Å². The van der Waals surface area contributed by atoms with Crippen LogP contribution in [-0.4, -0.2) is 9.97 Å². The van der Waals surface area contributed by atoms with Gasteiger partial charge in [-0.25, -0.2) is 9.97 Å². The van der Waals surface area contributed by atoms with Gasteiger partial charge in [-0.05, 0) is 87.3 Å². The summed E-state index contributed by atoms with van der Waals surface area (Å²) in [5, 5.41) is 2.25. The first-order valence-corrected chi connectivity index (χ1v) is 19.5. The summed E-state index contributed by atoms with van der Waals surface area (Å²) in [5.74, 6) is 0.699. The van der Waals surface area contributed by atoms with E-state index in [4.69, 9.17) is 14.4 Å². The maximum Gasteiger partial charge on any atom is 0.160 e. The van der Waals surface area contributed by atoms with Gasteiger partial charge in [0, 0.05) is 32.9 Å². The molecule has 3 nitrogen and oxygen atoms in total. The van der Waals surface area contributed by atoms with Crippen LogP contribution in [0, 0.1) is 0 Å². The van der Waals surface area contributed by atoms with E-state index in [-0.39, 0.29) is 5.41 Å². The molecule has 0 spiro atoms. The van der Waals surface area contributed by atoms with Crippen LogP contribution in [0.25, 0.3) is 89.2 Å². The third-order valence-corrected chi connectivity index (χ3v) is 11.8. The zero-order valence-electron chi connectivity index (χ0n) is 31.4. The number of para-hydroxylation sites is 1. The van der Waals surface area contributed by atoms with Crippen LogP contribution < -0.4 is 0 Å². The Morgan fingerprint density at radius 2 is 0.895 bits per heavy atom. The minimum atomic E-state index is -0.223. The number of rotatable bonds is 6. The van der Waals surface area contributed by atoms with Crippen LogP contribution in [0.3, 0.4) is 0 Å². The summed E-state index contributed by atoms with van der Waals surface area (Å²) in [6, 6.07) is 71.1. The molecule has 0 saturated heterocycles. The smallest absolute Gasteiger partial charge is 0.160 e. The predicted octanol–water partition coefficient (Wildman–Crippen LogP) is 14.0. The Bertz CT molecular complexity index is 3080. The SMILES string of the molecule is CC1(c2ccc(-c3cccc(-c4cc(-c5ccc(-c6ccc7oc8ccccc8c7c6)cc5)nc(-c5ccccc5)n4)c3)cc2)c2ccccc2-c2ccccc21. The summed E-state index contributed by atoms with van der Waals surface area (Å²) in [6.45, 7) is 2.36. The number of aromatic nitrogens is 2. The molecule has 0 bridgehead atoms. The van der Waals surface area contributed by atoms with Crippen LogP contribution in [0.5, 0.6) is 0 Å². The second kappa shape index (κ2) is 13.1. The lowest BCUT2D eigenvalue weighted by molar-refractivity contribution is 0.669. The van der Waals surface area contributed by atoms with E-state index >= 15 is 0 Å². The molecule has 0 aliphatic heterocycles. The Morgan fingerprint density at radius 1 is 0.368 bits per heavy atom. The highest BCUT2D eigenvalue weighted by atomic mass is 16.3. The number of nitrogens with zero attached hydrogens (tertiary/aromatic N) is 2. The Balaban J connectivity index is 0.943. The monoisotopic (exact) mass is 728 g/mol. The molecule has 3 heteroatoms. The van der Waals surface area contributed by atoms with Crippen molar-refractivity contribution in [3.05, 3.63) is 217 Å². The topological polar surface area (TPSA) is 38.9 Å². The molecule has 1 aliphatic carbocycles. The molecule has 268 valence electrons. The molecule has 2 heterocycles. The average Bonchev–Trinajstić information content (AvgIpc) is 3.79. The van der Waals surface area contributed by atoms with Gasteiger partial charge in [0.05, 0.1) is 11.4 Å². The maximum atomic E-state index is 6.08. The Labute approximate surface area is 331 Å². The Morgan fingerprint density at radius 3 is 1.63 bits per heavy atom. The van der Waals surface area contributed by atoms with Crippen LogP contribution >= 0.6 is 0 Å². The van der Waals surface area contributed by atoms with Gasteiger partial charge in [-0.1, -0.05) is 170 Å². The maximum absolute atomic E-state index is 6.08. The lowest BCUT2D eigenvalue weighted by atomic mass is 9.74. The van der Waals surface area contributed by atoms with E-state index in [0.29, 0.717) is 5.82 Å². The molecule has 0 unspecified atom stereocenters. The standard InChI is InChI=1S/C54H36N2O/c1-54(47-19-8-5-16-43(47)44-17-6-9-20-48(44)54)42-29-26-36(27-30-42)39-14-11-15-41(32-39)50-34-49(55-53(56-50)38-12-3-2-4-13-38)37-24-22-35(23-25-37)40-28-31-52-46(33-40)45-18-7-10-21-51(45)57-52/h2-34H,1H3. The van der Waals surface area contributed by atoms with Crippen LogP contribution in [-0.2, 0) is 5.41 Å². The number of hydrogen-bond acceptors (Lipinski definition) is 3.